The van der Waals surface area contributed by atoms with E-state index in [0.717, 1.165) is 30.8 Å². The number of hydrogen-bond acceptors (Lipinski definition) is 4. The molecule has 1 amide bonds. The Morgan fingerprint density at radius 2 is 2.15 bits per heavy atom. The summed E-state index contributed by atoms with van der Waals surface area (Å²) in [6.45, 7) is 3.98. The van der Waals surface area contributed by atoms with Crippen LogP contribution in [0.2, 0.25) is 5.15 Å². The highest BCUT2D eigenvalue weighted by Gasteiger charge is 2.40. The average molecular weight is 297 g/mol. The summed E-state index contributed by atoms with van der Waals surface area (Å²) >= 11 is 5.91. The topological polar surface area (TPSA) is 69.6 Å². The Morgan fingerprint density at radius 1 is 1.40 bits per heavy atom. The predicted molar refractivity (Wildman–Crippen MR) is 75.2 cm³/mol. The lowest BCUT2D eigenvalue weighted by atomic mass is 9.92. The number of amides is 1. The Balaban J connectivity index is 1.83. The van der Waals surface area contributed by atoms with Crippen LogP contribution in [0.25, 0.3) is 0 Å². The van der Waals surface area contributed by atoms with Crippen molar-refractivity contribution in [2.45, 2.75) is 25.8 Å². The van der Waals surface area contributed by atoms with Gasteiger partial charge in [-0.25, -0.2) is 4.79 Å². The van der Waals surface area contributed by atoms with Crippen molar-refractivity contribution in [2.75, 3.05) is 24.5 Å². The Bertz CT molecular complexity index is 539. The van der Waals surface area contributed by atoms with Gasteiger partial charge in [-0.1, -0.05) is 11.6 Å². The molecule has 2 unspecified atom stereocenters. The van der Waals surface area contributed by atoms with Crippen LogP contribution in [0.4, 0.5) is 10.6 Å². The predicted octanol–water partition coefficient (Wildman–Crippen LogP) is 2.02. The number of carbonyl (C=O) groups is 1. The van der Waals surface area contributed by atoms with Crippen molar-refractivity contribution < 1.29 is 9.90 Å². The number of piperidine rings is 1. The van der Waals surface area contributed by atoms with Crippen molar-refractivity contribution in [3.05, 3.63) is 16.8 Å². The van der Waals surface area contributed by atoms with Gasteiger partial charge >= 0.3 is 6.09 Å². The van der Waals surface area contributed by atoms with Crippen molar-refractivity contribution in [2.24, 2.45) is 5.92 Å². The first-order valence-corrected chi connectivity index (χ1v) is 7.18. The molecule has 3 rings (SSSR count). The van der Waals surface area contributed by atoms with Crippen LogP contribution >= 0.6 is 11.6 Å². The minimum absolute atomic E-state index is 0.203. The summed E-state index contributed by atoms with van der Waals surface area (Å²) in [5.74, 6) is 1.34. The fourth-order valence-electron chi connectivity index (χ4n) is 3.20. The van der Waals surface area contributed by atoms with Gasteiger partial charge in [0.15, 0.2) is 11.0 Å². The molecule has 1 N–H and O–H groups in total. The molecular formula is C13H17ClN4O2. The maximum absolute atomic E-state index is 11.1. The van der Waals surface area contributed by atoms with Gasteiger partial charge < -0.3 is 14.9 Å². The monoisotopic (exact) mass is 296 g/mol. The molecular weight excluding hydrogens is 280 g/mol. The number of carboxylic acid groups (broad SMARTS) is 1. The first-order valence-electron chi connectivity index (χ1n) is 6.80. The highest BCUT2D eigenvalue weighted by atomic mass is 35.5. The van der Waals surface area contributed by atoms with Crippen LogP contribution < -0.4 is 4.90 Å². The summed E-state index contributed by atoms with van der Waals surface area (Å²) in [6.07, 6.45) is 1.17. The molecule has 0 bridgehead atoms. The van der Waals surface area contributed by atoms with Crippen molar-refractivity contribution in [1.29, 1.82) is 0 Å². The van der Waals surface area contributed by atoms with Crippen LogP contribution in [0, 0.1) is 12.8 Å². The van der Waals surface area contributed by atoms with Gasteiger partial charge in [-0.3, -0.25) is 0 Å². The quantitative estimate of drug-likeness (QED) is 0.858. The summed E-state index contributed by atoms with van der Waals surface area (Å²) in [5, 5.41) is 17.7. The van der Waals surface area contributed by atoms with E-state index in [2.05, 4.69) is 15.1 Å². The average Bonchev–Trinajstić information content (AvgIpc) is 2.84. The van der Waals surface area contributed by atoms with E-state index < -0.39 is 6.09 Å². The molecule has 0 saturated carbocycles. The molecule has 2 fully saturated rings. The van der Waals surface area contributed by atoms with Gasteiger partial charge in [-0.05, 0) is 37.3 Å². The van der Waals surface area contributed by atoms with E-state index >= 15 is 0 Å². The van der Waals surface area contributed by atoms with Gasteiger partial charge in [0.05, 0.1) is 6.04 Å². The Kier molecular flexibility index (Phi) is 3.41. The Labute approximate surface area is 122 Å². The van der Waals surface area contributed by atoms with Crippen molar-refractivity contribution in [3.8, 4) is 0 Å². The minimum Gasteiger partial charge on any atom is -0.465 e. The number of nitrogens with zero attached hydrogens (tertiary/aromatic N) is 4. The zero-order valence-electron chi connectivity index (χ0n) is 11.3. The molecule has 0 spiro atoms. The summed E-state index contributed by atoms with van der Waals surface area (Å²) in [5.41, 5.74) is 0.894. The Hall–Kier alpha value is -1.56. The van der Waals surface area contributed by atoms with Crippen LogP contribution in [0.5, 0.6) is 0 Å². The molecule has 2 atom stereocenters. The molecule has 0 aromatic carbocycles. The van der Waals surface area contributed by atoms with E-state index in [1.54, 1.807) is 0 Å². The van der Waals surface area contributed by atoms with E-state index in [1.807, 2.05) is 13.0 Å². The number of aromatic nitrogens is 2. The molecule has 2 saturated heterocycles. The van der Waals surface area contributed by atoms with Gasteiger partial charge in [-0.15, -0.1) is 10.2 Å². The van der Waals surface area contributed by atoms with Crippen molar-refractivity contribution in [3.63, 3.8) is 0 Å². The van der Waals surface area contributed by atoms with Crippen LogP contribution in [0.3, 0.4) is 0 Å². The van der Waals surface area contributed by atoms with Crippen LogP contribution in [0.15, 0.2) is 6.07 Å². The van der Waals surface area contributed by atoms with Gasteiger partial charge in [0.25, 0.3) is 0 Å². The van der Waals surface area contributed by atoms with Crippen molar-refractivity contribution >= 4 is 23.5 Å². The molecule has 0 radical (unpaired) electrons. The van der Waals surface area contributed by atoms with Crippen LogP contribution in [-0.4, -0.2) is 52.0 Å². The smallest absolute Gasteiger partial charge is 0.407 e. The highest BCUT2D eigenvalue weighted by molar-refractivity contribution is 6.30. The third kappa shape index (κ3) is 2.28. The maximum atomic E-state index is 11.1. The third-order valence-electron chi connectivity index (χ3n) is 4.34. The Morgan fingerprint density at radius 3 is 2.85 bits per heavy atom. The molecule has 2 aliphatic rings. The van der Waals surface area contributed by atoms with Gasteiger partial charge in [-0.2, -0.15) is 0 Å². The zero-order chi connectivity index (χ0) is 14.3. The van der Waals surface area contributed by atoms with E-state index in [4.69, 9.17) is 16.7 Å². The number of aryl methyl sites for hydroxylation is 1. The second-order valence-electron chi connectivity index (χ2n) is 5.50. The SMILES string of the molecule is Cc1cc(N2CCC3CCN(C(=O)O)CC32)nnc1Cl. The number of rotatable bonds is 1. The molecule has 6 nitrogen and oxygen atoms in total. The van der Waals surface area contributed by atoms with Gasteiger partial charge in [0.1, 0.15) is 0 Å². The summed E-state index contributed by atoms with van der Waals surface area (Å²) < 4.78 is 0. The van der Waals surface area contributed by atoms with Crippen molar-refractivity contribution in [1.82, 2.24) is 15.1 Å². The second kappa shape index (κ2) is 5.09. The summed E-state index contributed by atoms with van der Waals surface area (Å²) in [6, 6.07) is 2.13. The maximum Gasteiger partial charge on any atom is 0.407 e. The minimum atomic E-state index is -0.839. The fraction of sp³-hybridized carbons (Fsp3) is 0.615. The van der Waals surface area contributed by atoms with E-state index in [0.29, 0.717) is 24.2 Å². The van der Waals surface area contributed by atoms with Crippen LogP contribution in [-0.2, 0) is 0 Å². The van der Waals surface area contributed by atoms with E-state index in [-0.39, 0.29) is 6.04 Å². The van der Waals surface area contributed by atoms with Gasteiger partial charge in [0.2, 0.25) is 0 Å². The number of fused-ring (bicyclic) bond motifs is 1. The second-order valence-corrected chi connectivity index (χ2v) is 5.86. The summed E-state index contributed by atoms with van der Waals surface area (Å²) in [4.78, 5) is 14.8. The lowest BCUT2D eigenvalue weighted by Gasteiger charge is -2.37. The third-order valence-corrected chi connectivity index (χ3v) is 4.71. The normalized spacial score (nSPS) is 25.7. The highest BCUT2D eigenvalue weighted by Crippen LogP contribution is 2.34. The molecule has 108 valence electrons. The lowest BCUT2D eigenvalue weighted by molar-refractivity contribution is 0.121. The molecule has 20 heavy (non-hydrogen) atoms. The molecule has 7 heteroatoms. The largest absolute Gasteiger partial charge is 0.465 e. The first kappa shape index (κ1) is 13.4. The molecule has 2 aliphatic heterocycles. The zero-order valence-corrected chi connectivity index (χ0v) is 12.0. The van der Waals surface area contributed by atoms with E-state index in [9.17, 15) is 4.79 Å². The van der Waals surface area contributed by atoms with Gasteiger partial charge in [0, 0.05) is 19.6 Å². The number of hydrogen-bond donors (Lipinski definition) is 1. The van der Waals surface area contributed by atoms with Crippen LogP contribution in [0.1, 0.15) is 18.4 Å². The van der Waals surface area contributed by atoms with E-state index in [1.165, 1.54) is 4.90 Å². The first-order chi connectivity index (χ1) is 9.56. The summed E-state index contributed by atoms with van der Waals surface area (Å²) in [7, 11) is 0. The molecule has 1 aromatic heterocycles. The number of anilines is 1. The molecule has 3 heterocycles. The lowest BCUT2D eigenvalue weighted by Crippen LogP contribution is -2.50. The number of halogens is 1. The standard InChI is InChI=1S/C13H17ClN4O2/c1-8-6-11(15-16-12(8)14)18-5-3-9-2-4-17(13(19)20)7-10(9)18/h6,9-10H,2-5,7H2,1H3,(H,19,20). The fourth-order valence-corrected chi connectivity index (χ4v) is 3.29. The molecule has 0 aliphatic carbocycles. The molecule has 1 aromatic rings. The number of likely N-dealkylation sites (tertiary alicyclic amines) is 1.